The lowest BCUT2D eigenvalue weighted by Crippen LogP contribution is -2.49. The van der Waals surface area contributed by atoms with E-state index >= 15 is 0 Å². The van der Waals surface area contributed by atoms with Crippen molar-refractivity contribution in [2.75, 3.05) is 20.6 Å². The fraction of sp³-hybridized carbons (Fsp3) is 0.818. The second-order valence-electron chi connectivity index (χ2n) is 5.13. The largest absolute Gasteiger partial charge is 0.350 e. The van der Waals surface area contributed by atoms with Crippen LogP contribution in [-0.4, -0.2) is 48.9 Å². The van der Waals surface area contributed by atoms with Crippen LogP contribution in [-0.2, 0) is 9.59 Å². The number of likely N-dealkylation sites (N-methyl/N-ethyl adjacent to an activating group) is 1. The highest BCUT2D eigenvalue weighted by Gasteiger charge is 2.17. The van der Waals surface area contributed by atoms with Crippen molar-refractivity contribution in [3.05, 3.63) is 0 Å². The normalized spacial score (nSPS) is 13.1. The second-order valence-corrected chi connectivity index (χ2v) is 5.13. The van der Waals surface area contributed by atoms with Crippen LogP contribution in [0.5, 0.6) is 0 Å². The van der Waals surface area contributed by atoms with Gasteiger partial charge in [-0.2, -0.15) is 0 Å². The van der Waals surface area contributed by atoms with Crippen LogP contribution in [0, 0.1) is 0 Å². The Bertz CT molecular complexity index is 256. The van der Waals surface area contributed by atoms with E-state index in [4.69, 9.17) is 0 Å². The van der Waals surface area contributed by atoms with Crippen molar-refractivity contribution in [1.29, 1.82) is 0 Å². The van der Waals surface area contributed by atoms with E-state index in [0.29, 0.717) is 0 Å². The third-order valence-corrected chi connectivity index (χ3v) is 1.89. The lowest BCUT2D eigenvalue weighted by atomic mass is 10.1. The first-order chi connectivity index (χ1) is 7.13. The molecule has 0 aromatic heterocycles. The Morgan fingerprint density at radius 2 is 1.75 bits per heavy atom. The van der Waals surface area contributed by atoms with Gasteiger partial charge in [0, 0.05) is 19.6 Å². The van der Waals surface area contributed by atoms with Gasteiger partial charge in [-0.15, -0.1) is 0 Å². The minimum atomic E-state index is -0.347. The molecule has 5 heteroatoms. The summed E-state index contributed by atoms with van der Waals surface area (Å²) in [6, 6.07) is -0.347. The minimum Gasteiger partial charge on any atom is -0.350 e. The maximum atomic E-state index is 11.5. The van der Waals surface area contributed by atoms with Crippen LogP contribution in [0.4, 0.5) is 0 Å². The summed E-state index contributed by atoms with van der Waals surface area (Å²) in [6.07, 6.45) is 0. The van der Waals surface area contributed by atoms with Crippen molar-refractivity contribution in [2.45, 2.75) is 39.3 Å². The van der Waals surface area contributed by atoms with Gasteiger partial charge in [0.15, 0.2) is 0 Å². The molecule has 2 N–H and O–H groups in total. The van der Waals surface area contributed by atoms with E-state index in [1.54, 1.807) is 21.0 Å². The molecule has 0 saturated carbocycles. The molecule has 0 aliphatic rings. The van der Waals surface area contributed by atoms with Gasteiger partial charge in [0.2, 0.25) is 11.8 Å². The quantitative estimate of drug-likeness (QED) is 0.711. The molecule has 0 rings (SSSR count). The number of rotatable bonds is 4. The highest BCUT2D eigenvalue weighted by molar-refractivity contribution is 5.83. The van der Waals surface area contributed by atoms with Gasteiger partial charge in [-0.1, -0.05) is 0 Å². The summed E-state index contributed by atoms with van der Waals surface area (Å²) in [4.78, 5) is 24.4. The fourth-order valence-corrected chi connectivity index (χ4v) is 1.18. The smallest absolute Gasteiger partial charge is 0.238 e. The van der Waals surface area contributed by atoms with Crippen molar-refractivity contribution >= 4 is 11.8 Å². The number of amides is 2. The molecule has 0 heterocycles. The maximum Gasteiger partial charge on any atom is 0.238 e. The Balaban J connectivity index is 3.98. The second kappa shape index (κ2) is 5.84. The number of nitrogens with zero attached hydrogens (tertiary/aromatic N) is 1. The number of hydrogen-bond acceptors (Lipinski definition) is 3. The van der Waals surface area contributed by atoms with Crippen molar-refractivity contribution in [3.8, 4) is 0 Å². The van der Waals surface area contributed by atoms with Crippen molar-refractivity contribution < 1.29 is 9.59 Å². The molecule has 1 unspecified atom stereocenters. The highest BCUT2D eigenvalue weighted by Crippen LogP contribution is 1.97. The third-order valence-electron chi connectivity index (χ3n) is 1.89. The summed E-state index contributed by atoms with van der Waals surface area (Å²) < 4.78 is 0. The molecular weight excluding hydrogens is 206 g/mol. The van der Waals surface area contributed by atoms with Gasteiger partial charge < -0.3 is 10.2 Å². The molecule has 1 atom stereocenters. The van der Waals surface area contributed by atoms with Gasteiger partial charge in [-0.25, -0.2) is 0 Å². The van der Waals surface area contributed by atoms with E-state index in [1.165, 1.54) is 4.90 Å². The van der Waals surface area contributed by atoms with Crippen molar-refractivity contribution in [3.63, 3.8) is 0 Å². The van der Waals surface area contributed by atoms with E-state index in [1.807, 2.05) is 20.8 Å². The van der Waals surface area contributed by atoms with Crippen LogP contribution in [0.15, 0.2) is 0 Å². The Kier molecular flexibility index (Phi) is 5.44. The van der Waals surface area contributed by atoms with Crippen LogP contribution >= 0.6 is 0 Å². The molecular formula is C11H23N3O2. The molecule has 0 aromatic rings. The molecule has 0 fully saturated rings. The lowest BCUT2D eigenvalue weighted by molar-refractivity contribution is -0.130. The molecule has 0 radical (unpaired) electrons. The first-order valence-electron chi connectivity index (χ1n) is 5.39. The zero-order valence-electron chi connectivity index (χ0n) is 11.0. The summed E-state index contributed by atoms with van der Waals surface area (Å²) in [5.74, 6) is -0.144. The number of carbonyl (C=O) groups excluding carboxylic acids is 2. The van der Waals surface area contributed by atoms with Gasteiger partial charge in [0.1, 0.15) is 0 Å². The molecule has 0 aromatic carbocycles. The predicted molar refractivity (Wildman–Crippen MR) is 64.1 cm³/mol. The highest BCUT2D eigenvalue weighted by atomic mass is 16.2. The predicted octanol–water partition coefficient (Wildman–Crippen LogP) is -0.0326. The maximum absolute atomic E-state index is 11.5. The van der Waals surface area contributed by atoms with E-state index in [2.05, 4.69) is 10.6 Å². The van der Waals surface area contributed by atoms with Crippen LogP contribution < -0.4 is 10.6 Å². The summed E-state index contributed by atoms with van der Waals surface area (Å²) in [5, 5.41) is 5.70. The molecule has 94 valence electrons. The summed E-state index contributed by atoms with van der Waals surface area (Å²) in [7, 11) is 3.38. The average molecular weight is 229 g/mol. The summed E-state index contributed by atoms with van der Waals surface area (Å²) in [6.45, 7) is 7.64. The molecule has 0 aliphatic carbocycles. The first-order valence-corrected chi connectivity index (χ1v) is 5.39. The Morgan fingerprint density at radius 3 is 2.12 bits per heavy atom. The molecule has 16 heavy (non-hydrogen) atoms. The first kappa shape index (κ1) is 14.9. The average Bonchev–Trinajstić information content (AvgIpc) is 2.09. The number of nitrogens with one attached hydrogen (secondary N) is 2. The van der Waals surface area contributed by atoms with Gasteiger partial charge in [-0.3, -0.25) is 14.9 Å². The number of carbonyl (C=O) groups is 2. The van der Waals surface area contributed by atoms with Crippen molar-refractivity contribution in [2.24, 2.45) is 0 Å². The summed E-state index contributed by atoms with van der Waals surface area (Å²) >= 11 is 0. The van der Waals surface area contributed by atoms with Gasteiger partial charge in [0.05, 0.1) is 12.6 Å². The molecule has 0 spiro atoms. The van der Waals surface area contributed by atoms with Crippen LogP contribution in [0.25, 0.3) is 0 Å². The molecule has 2 amide bonds. The molecule has 0 aliphatic heterocycles. The molecule has 0 bridgehead atoms. The van der Waals surface area contributed by atoms with Gasteiger partial charge in [-0.05, 0) is 27.7 Å². The zero-order chi connectivity index (χ0) is 12.9. The zero-order valence-corrected chi connectivity index (χ0v) is 11.0. The van der Waals surface area contributed by atoms with Crippen LogP contribution in [0.1, 0.15) is 27.7 Å². The monoisotopic (exact) mass is 229 g/mol. The minimum absolute atomic E-state index is 0.0384. The Labute approximate surface area is 97.6 Å². The van der Waals surface area contributed by atoms with E-state index in [-0.39, 0.29) is 29.9 Å². The Morgan fingerprint density at radius 1 is 1.25 bits per heavy atom. The molecule has 0 saturated heterocycles. The summed E-state index contributed by atoms with van der Waals surface area (Å²) in [5.41, 5.74) is -0.243. The third kappa shape index (κ3) is 6.40. The van der Waals surface area contributed by atoms with Crippen LogP contribution in [0.3, 0.4) is 0 Å². The standard InChI is InChI=1S/C11H23N3O2/c1-8(10(16)14(5)6)12-7-9(15)13-11(2,3)4/h8,12H,7H2,1-6H3,(H,13,15). The van der Waals surface area contributed by atoms with Crippen LogP contribution in [0.2, 0.25) is 0 Å². The topological polar surface area (TPSA) is 61.4 Å². The van der Waals surface area contributed by atoms with E-state index in [9.17, 15) is 9.59 Å². The SMILES string of the molecule is CC(NCC(=O)NC(C)(C)C)C(=O)N(C)C. The van der Waals surface area contributed by atoms with E-state index in [0.717, 1.165) is 0 Å². The Hall–Kier alpha value is -1.10. The van der Waals surface area contributed by atoms with Gasteiger partial charge in [0.25, 0.3) is 0 Å². The fourth-order valence-electron chi connectivity index (χ4n) is 1.18. The van der Waals surface area contributed by atoms with E-state index < -0.39 is 0 Å². The van der Waals surface area contributed by atoms with Gasteiger partial charge >= 0.3 is 0 Å². The molecule has 5 nitrogen and oxygen atoms in total. The lowest BCUT2D eigenvalue weighted by Gasteiger charge is -2.22. The van der Waals surface area contributed by atoms with Crippen molar-refractivity contribution in [1.82, 2.24) is 15.5 Å². The number of hydrogen-bond donors (Lipinski definition) is 2.